The first-order valence-electron chi connectivity index (χ1n) is 14.0. The summed E-state index contributed by atoms with van der Waals surface area (Å²) in [5.41, 5.74) is 20.8. The van der Waals surface area contributed by atoms with E-state index in [9.17, 15) is 9.90 Å². The molecule has 0 saturated heterocycles. The van der Waals surface area contributed by atoms with Gasteiger partial charge in [-0.15, -0.1) is 0 Å². The minimum absolute atomic E-state index is 0.0964. The van der Waals surface area contributed by atoms with Crippen LogP contribution in [0.2, 0.25) is 0 Å². The van der Waals surface area contributed by atoms with Gasteiger partial charge in [-0.25, -0.2) is 0 Å². The third kappa shape index (κ3) is 7.75. The van der Waals surface area contributed by atoms with Crippen LogP contribution in [0.5, 0.6) is 5.75 Å². The molecule has 0 aliphatic rings. The zero-order valence-corrected chi connectivity index (χ0v) is 25.6. The largest absolute Gasteiger partial charge is 0.507 e. The Morgan fingerprint density at radius 2 is 1.50 bits per heavy atom. The number of hydrogen-bond acceptors (Lipinski definition) is 7. The Morgan fingerprint density at radius 1 is 0.881 bits per heavy atom. The number of nitrogens with zero attached hydrogens (tertiary/aromatic N) is 2. The Labute approximate surface area is 248 Å². The van der Waals surface area contributed by atoms with Gasteiger partial charge < -0.3 is 21.0 Å². The molecule has 0 aliphatic heterocycles. The molecule has 0 fully saturated rings. The van der Waals surface area contributed by atoms with Crippen molar-refractivity contribution in [2.75, 3.05) is 0 Å². The molecule has 3 rings (SSSR count). The van der Waals surface area contributed by atoms with E-state index in [4.69, 9.17) is 15.9 Å². The lowest BCUT2D eigenvalue weighted by atomic mass is 9.94. The number of hydrogen-bond donors (Lipinski definition) is 3. The second kappa shape index (κ2) is 13.8. The molecule has 2 aromatic carbocycles. The number of rotatable bonds is 11. The van der Waals surface area contributed by atoms with Crippen LogP contribution in [0, 0.1) is 0 Å². The van der Waals surface area contributed by atoms with Crippen LogP contribution >= 0.6 is 0 Å². The molecule has 0 saturated carbocycles. The topological polar surface area (TPSA) is 127 Å². The van der Waals surface area contributed by atoms with Crippen LogP contribution in [0.1, 0.15) is 65.5 Å². The Kier molecular flexibility index (Phi) is 10.5. The fourth-order valence-electron chi connectivity index (χ4n) is 4.39. The van der Waals surface area contributed by atoms with Crippen LogP contribution in [0.3, 0.4) is 0 Å². The number of nitrogens with two attached hydrogens (primary N) is 2. The maximum Gasteiger partial charge on any atom is 0.197 e. The standard InChI is InChI=1S/C35H42N4O3/c1-20(2)23(6)38-25(8)29(37)16-14-27-18-33-34(31(40)19-32(42-33)26-12-10-9-11-13-26)35(41)28(27)15-17-30(22(5)36)39-24(7)21(3)4/h9-13,18-19,41H,1,3,14-17,36-37H2,2,4-8H3/b29-25-,30-22-,38-23-,39-24-. The van der Waals surface area contributed by atoms with Gasteiger partial charge in [0.15, 0.2) is 5.43 Å². The van der Waals surface area contributed by atoms with E-state index in [1.807, 2.05) is 71.0 Å². The van der Waals surface area contributed by atoms with Crippen molar-refractivity contribution in [3.63, 3.8) is 0 Å². The Balaban J connectivity index is 2.14. The van der Waals surface area contributed by atoms with Crippen molar-refractivity contribution < 1.29 is 9.52 Å². The van der Waals surface area contributed by atoms with Crippen LogP contribution in [0.15, 0.2) is 109 Å². The lowest BCUT2D eigenvalue weighted by Crippen LogP contribution is -2.08. The van der Waals surface area contributed by atoms with E-state index in [0.29, 0.717) is 65.4 Å². The molecule has 0 spiro atoms. The third-order valence-electron chi connectivity index (χ3n) is 7.32. The number of allylic oxidation sites excluding steroid dienone is 6. The van der Waals surface area contributed by atoms with Gasteiger partial charge in [0.05, 0.1) is 11.4 Å². The number of benzene rings is 2. The maximum atomic E-state index is 13.3. The molecule has 0 unspecified atom stereocenters. The van der Waals surface area contributed by atoms with E-state index in [1.165, 1.54) is 6.07 Å². The van der Waals surface area contributed by atoms with Gasteiger partial charge in [-0.1, -0.05) is 43.5 Å². The molecule has 5 N–H and O–H groups in total. The van der Waals surface area contributed by atoms with Gasteiger partial charge in [0.25, 0.3) is 0 Å². The molecule has 0 amide bonds. The van der Waals surface area contributed by atoms with Gasteiger partial charge >= 0.3 is 0 Å². The van der Waals surface area contributed by atoms with Gasteiger partial charge in [-0.3, -0.25) is 14.8 Å². The Morgan fingerprint density at radius 3 is 2.10 bits per heavy atom. The van der Waals surface area contributed by atoms with Crippen molar-refractivity contribution in [1.82, 2.24) is 0 Å². The van der Waals surface area contributed by atoms with Gasteiger partial charge in [-0.05, 0) is 95.6 Å². The summed E-state index contributed by atoms with van der Waals surface area (Å²) in [6.07, 6.45) is 1.85. The van der Waals surface area contributed by atoms with E-state index < -0.39 is 0 Å². The highest BCUT2D eigenvalue weighted by Crippen LogP contribution is 2.35. The van der Waals surface area contributed by atoms with Crippen molar-refractivity contribution in [3.8, 4) is 17.1 Å². The Hall–Kier alpha value is -4.65. The molecule has 0 bridgehead atoms. The first-order chi connectivity index (χ1) is 19.8. The van der Waals surface area contributed by atoms with Crippen LogP contribution in [0.4, 0.5) is 0 Å². The van der Waals surface area contributed by atoms with Gasteiger partial charge in [-0.2, -0.15) is 0 Å². The van der Waals surface area contributed by atoms with E-state index in [1.54, 1.807) is 6.92 Å². The van der Waals surface area contributed by atoms with Crippen LogP contribution in [0.25, 0.3) is 22.3 Å². The summed E-state index contributed by atoms with van der Waals surface area (Å²) >= 11 is 0. The number of aryl methyl sites for hydroxylation is 1. The summed E-state index contributed by atoms with van der Waals surface area (Å²) in [5.74, 6) is 0.334. The fourth-order valence-corrected chi connectivity index (χ4v) is 4.39. The molecule has 220 valence electrons. The second-order valence-electron chi connectivity index (χ2n) is 10.8. The summed E-state index contributed by atoms with van der Waals surface area (Å²) in [6.45, 7) is 19.1. The lowest BCUT2D eigenvalue weighted by Gasteiger charge is -2.16. The predicted octanol–water partition coefficient (Wildman–Crippen LogP) is 7.49. The second-order valence-corrected chi connectivity index (χ2v) is 10.8. The highest BCUT2D eigenvalue weighted by Gasteiger charge is 2.19. The van der Waals surface area contributed by atoms with E-state index in [-0.39, 0.29) is 16.6 Å². The lowest BCUT2D eigenvalue weighted by molar-refractivity contribution is 0.471. The molecule has 0 atom stereocenters. The third-order valence-corrected chi connectivity index (χ3v) is 7.32. The number of fused-ring (bicyclic) bond motifs is 1. The summed E-state index contributed by atoms with van der Waals surface area (Å²) in [6, 6.07) is 12.7. The molecule has 7 nitrogen and oxygen atoms in total. The van der Waals surface area contributed by atoms with Crippen molar-refractivity contribution in [2.45, 2.75) is 67.2 Å². The van der Waals surface area contributed by atoms with E-state index in [2.05, 4.69) is 23.1 Å². The molecule has 1 heterocycles. The summed E-state index contributed by atoms with van der Waals surface area (Å²) in [5, 5.41) is 11.7. The first kappa shape index (κ1) is 31.9. The zero-order chi connectivity index (χ0) is 31.1. The van der Waals surface area contributed by atoms with Gasteiger partial charge in [0.1, 0.15) is 22.5 Å². The highest BCUT2D eigenvalue weighted by atomic mass is 16.3. The zero-order valence-electron chi connectivity index (χ0n) is 25.6. The molecule has 7 heteroatoms. The van der Waals surface area contributed by atoms with Gasteiger partial charge in [0, 0.05) is 34.4 Å². The monoisotopic (exact) mass is 566 g/mol. The molecular weight excluding hydrogens is 524 g/mol. The normalized spacial score (nSPS) is 13.6. The minimum Gasteiger partial charge on any atom is -0.507 e. The predicted molar refractivity (Wildman–Crippen MR) is 176 cm³/mol. The Bertz CT molecular complexity index is 1700. The smallest absolute Gasteiger partial charge is 0.197 e. The molecule has 0 aliphatic carbocycles. The van der Waals surface area contributed by atoms with Crippen molar-refractivity contribution in [3.05, 3.63) is 111 Å². The van der Waals surface area contributed by atoms with Crippen LogP contribution < -0.4 is 16.9 Å². The number of aromatic hydroxyl groups is 1. The quantitative estimate of drug-likeness (QED) is 0.207. The molecule has 3 aromatic rings. The average Bonchev–Trinajstić information content (AvgIpc) is 2.94. The fraction of sp³-hybridized carbons (Fsp3) is 0.286. The van der Waals surface area contributed by atoms with Crippen LogP contribution in [-0.2, 0) is 12.8 Å². The van der Waals surface area contributed by atoms with E-state index in [0.717, 1.165) is 33.7 Å². The summed E-state index contributed by atoms with van der Waals surface area (Å²) in [7, 11) is 0. The number of phenols is 1. The van der Waals surface area contributed by atoms with Crippen LogP contribution in [-0.4, -0.2) is 16.5 Å². The molecule has 42 heavy (non-hydrogen) atoms. The molecule has 1 aromatic heterocycles. The average molecular weight is 567 g/mol. The number of phenolic OH excluding ortho intramolecular Hbond substituents is 1. The first-order valence-corrected chi connectivity index (χ1v) is 14.0. The van der Waals surface area contributed by atoms with E-state index >= 15 is 0 Å². The number of aliphatic imine (C=N–C) groups is 2. The maximum absolute atomic E-state index is 13.3. The van der Waals surface area contributed by atoms with Crippen molar-refractivity contribution >= 4 is 22.4 Å². The van der Waals surface area contributed by atoms with Crippen molar-refractivity contribution in [1.29, 1.82) is 0 Å². The van der Waals surface area contributed by atoms with Gasteiger partial charge in [0.2, 0.25) is 0 Å². The minimum atomic E-state index is -0.317. The summed E-state index contributed by atoms with van der Waals surface area (Å²) in [4.78, 5) is 22.6. The highest BCUT2D eigenvalue weighted by molar-refractivity contribution is 5.98. The SMILES string of the molecule is C=C(C)/C(C)=N\C(C)=C(/N)CCc1cc2oc(-c3ccccc3)cc(=O)c2c(O)c1CCC(/N=C(/C)C(=C)C)=C(\C)N. The van der Waals surface area contributed by atoms with Crippen molar-refractivity contribution in [2.24, 2.45) is 21.5 Å². The summed E-state index contributed by atoms with van der Waals surface area (Å²) < 4.78 is 6.19. The molecule has 0 radical (unpaired) electrons. The molecular formula is C35H42N4O3.